The fourth-order valence-corrected chi connectivity index (χ4v) is 2.12. The normalized spacial score (nSPS) is 12.2. The van der Waals surface area contributed by atoms with Crippen LogP contribution in [0, 0.1) is 0 Å². The molecule has 100 valence electrons. The highest BCUT2D eigenvalue weighted by Gasteiger charge is 2.04. The first-order valence-corrected chi connectivity index (χ1v) is 7.09. The molecule has 0 saturated carbocycles. The maximum absolute atomic E-state index is 5.95. The molecule has 1 aromatic heterocycles. The number of benzene rings is 1. The molecule has 2 rings (SSSR count). The monoisotopic (exact) mass is 320 g/mol. The molecule has 0 bridgehead atoms. The van der Waals surface area contributed by atoms with Crippen molar-refractivity contribution in [2.24, 2.45) is 5.73 Å². The van der Waals surface area contributed by atoms with Crippen molar-refractivity contribution in [2.75, 3.05) is 0 Å². The van der Waals surface area contributed by atoms with Crippen LogP contribution in [0.25, 0.3) is 0 Å². The van der Waals surface area contributed by atoms with Crippen molar-refractivity contribution in [2.45, 2.75) is 25.8 Å². The van der Waals surface area contributed by atoms with E-state index in [9.17, 15) is 0 Å². The number of halogens is 1. The second kappa shape index (κ2) is 6.68. The lowest BCUT2D eigenvalue weighted by molar-refractivity contribution is 0.478. The van der Waals surface area contributed by atoms with E-state index in [4.69, 9.17) is 10.5 Å². The molecular weight excluding hydrogens is 304 g/mol. The fourth-order valence-electron chi connectivity index (χ4n) is 1.74. The largest absolute Gasteiger partial charge is 0.456 e. The van der Waals surface area contributed by atoms with Gasteiger partial charge in [0, 0.05) is 16.7 Å². The highest BCUT2D eigenvalue weighted by Crippen LogP contribution is 2.24. The Bertz CT molecular complexity index is 545. The molecule has 1 heterocycles. The van der Waals surface area contributed by atoms with Crippen molar-refractivity contribution >= 4 is 15.9 Å². The summed E-state index contributed by atoms with van der Waals surface area (Å²) in [5.74, 6) is 1.52. The Kier molecular flexibility index (Phi) is 4.93. The first-order chi connectivity index (χ1) is 9.17. The third-order valence-electron chi connectivity index (χ3n) is 2.82. The van der Waals surface area contributed by atoms with Gasteiger partial charge in [-0.3, -0.25) is 4.98 Å². The molecule has 1 unspecified atom stereocenters. The van der Waals surface area contributed by atoms with Gasteiger partial charge in [0.2, 0.25) is 0 Å². The van der Waals surface area contributed by atoms with E-state index in [1.807, 2.05) is 36.5 Å². The van der Waals surface area contributed by atoms with Gasteiger partial charge in [-0.25, -0.2) is 0 Å². The first kappa shape index (κ1) is 14.0. The number of hydrogen-bond donors (Lipinski definition) is 1. The van der Waals surface area contributed by atoms with E-state index >= 15 is 0 Å². The van der Waals surface area contributed by atoms with Gasteiger partial charge in [-0.2, -0.15) is 0 Å². The van der Waals surface area contributed by atoms with Crippen molar-refractivity contribution in [3.05, 3.63) is 52.8 Å². The zero-order valence-corrected chi connectivity index (χ0v) is 12.4. The number of hydrogen-bond acceptors (Lipinski definition) is 3. The van der Waals surface area contributed by atoms with Crippen molar-refractivity contribution in [1.29, 1.82) is 0 Å². The fraction of sp³-hybridized carbons (Fsp3) is 0.267. The van der Waals surface area contributed by atoms with Crippen LogP contribution in [0.1, 0.15) is 18.9 Å². The lowest BCUT2D eigenvalue weighted by atomic mass is 10.1. The van der Waals surface area contributed by atoms with Crippen LogP contribution in [0.2, 0.25) is 0 Å². The van der Waals surface area contributed by atoms with Crippen LogP contribution in [0.15, 0.2) is 47.2 Å². The Labute approximate surface area is 121 Å². The lowest BCUT2D eigenvalue weighted by Crippen LogP contribution is -2.21. The van der Waals surface area contributed by atoms with E-state index < -0.39 is 0 Å². The number of aromatic nitrogens is 1. The molecular formula is C15H17BrN2O. The van der Waals surface area contributed by atoms with Gasteiger partial charge in [0.25, 0.3) is 0 Å². The minimum absolute atomic E-state index is 0.169. The van der Waals surface area contributed by atoms with Gasteiger partial charge < -0.3 is 10.5 Å². The molecule has 2 N–H and O–H groups in total. The second-order valence-electron chi connectivity index (χ2n) is 4.46. The highest BCUT2D eigenvalue weighted by molar-refractivity contribution is 9.10. The summed E-state index contributed by atoms with van der Waals surface area (Å²) in [4.78, 5) is 4.20. The van der Waals surface area contributed by atoms with Crippen molar-refractivity contribution in [1.82, 2.24) is 4.98 Å². The summed E-state index contributed by atoms with van der Waals surface area (Å²) in [5.41, 5.74) is 7.05. The van der Waals surface area contributed by atoms with E-state index in [1.165, 1.54) is 0 Å². The third kappa shape index (κ3) is 4.33. The predicted molar refractivity (Wildman–Crippen MR) is 80.4 cm³/mol. The van der Waals surface area contributed by atoms with Crippen LogP contribution in [0.3, 0.4) is 0 Å². The number of pyridine rings is 1. The smallest absolute Gasteiger partial charge is 0.145 e. The number of nitrogens with two attached hydrogens (primary N) is 1. The third-order valence-corrected chi connectivity index (χ3v) is 3.32. The maximum Gasteiger partial charge on any atom is 0.145 e. The molecule has 0 aliphatic rings. The number of rotatable bonds is 5. The maximum atomic E-state index is 5.95. The molecule has 2 aromatic rings. The molecule has 3 nitrogen and oxygen atoms in total. The SMILES string of the molecule is CCC(N)Cc1cncc(Oc2cccc(Br)c2)c1. The van der Waals surface area contributed by atoms with Gasteiger partial charge >= 0.3 is 0 Å². The summed E-state index contributed by atoms with van der Waals surface area (Å²) < 4.78 is 6.77. The minimum Gasteiger partial charge on any atom is -0.456 e. The molecule has 0 radical (unpaired) electrons. The molecule has 0 amide bonds. The number of nitrogens with zero attached hydrogens (tertiary/aromatic N) is 1. The quantitative estimate of drug-likeness (QED) is 0.908. The van der Waals surface area contributed by atoms with Gasteiger partial charge in [0.15, 0.2) is 0 Å². The zero-order valence-electron chi connectivity index (χ0n) is 10.8. The average Bonchev–Trinajstić information content (AvgIpc) is 2.39. The molecule has 19 heavy (non-hydrogen) atoms. The zero-order chi connectivity index (χ0) is 13.7. The van der Waals surface area contributed by atoms with Crippen LogP contribution in [-0.2, 0) is 6.42 Å². The first-order valence-electron chi connectivity index (χ1n) is 6.30. The molecule has 0 spiro atoms. The summed E-state index contributed by atoms with van der Waals surface area (Å²) in [6.07, 6.45) is 5.32. The number of ether oxygens (including phenoxy) is 1. The topological polar surface area (TPSA) is 48.1 Å². The molecule has 1 atom stereocenters. The van der Waals surface area contributed by atoms with Crippen LogP contribution in [0.5, 0.6) is 11.5 Å². The molecule has 0 fully saturated rings. The molecule has 1 aromatic carbocycles. The van der Waals surface area contributed by atoms with Crippen LogP contribution in [-0.4, -0.2) is 11.0 Å². The predicted octanol–water partition coefficient (Wildman–Crippen LogP) is 3.92. The molecule has 4 heteroatoms. The Morgan fingerprint density at radius 3 is 2.84 bits per heavy atom. The standard InChI is InChI=1S/C15H17BrN2O/c1-2-13(17)6-11-7-15(10-18-9-11)19-14-5-3-4-12(16)8-14/h3-5,7-10,13H,2,6,17H2,1H3. The second-order valence-corrected chi connectivity index (χ2v) is 5.38. The summed E-state index contributed by atoms with van der Waals surface area (Å²) in [6, 6.07) is 9.89. The Morgan fingerprint density at radius 1 is 1.26 bits per heavy atom. The molecule has 0 aliphatic carbocycles. The van der Waals surface area contributed by atoms with Gasteiger partial charge in [-0.05, 0) is 42.7 Å². The Balaban J connectivity index is 2.10. The Hall–Kier alpha value is -1.39. The van der Waals surface area contributed by atoms with E-state index in [0.29, 0.717) is 0 Å². The van der Waals surface area contributed by atoms with Gasteiger partial charge in [0.1, 0.15) is 11.5 Å². The lowest BCUT2D eigenvalue weighted by Gasteiger charge is -2.10. The summed E-state index contributed by atoms with van der Waals surface area (Å²) in [7, 11) is 0. The van der Waals surface area contributed by atoms with Crippen molar-refractivity contribution in [3.8, 4) is 11.5 Å². The van der Waals surface area contributed by atoms with E-state index in [-0.39, 0.29) is 6.04 Å². The molecule has 0 aliphatic heterocycles. The minimum atomic E-state index is 0.169. The van der Waals surface area contributed by atoms with E-state index in [1.54, 1.807) is 6.20 Å². The summed E-state index contributed by atoms with van der Waals surface area (Å²) in [5, 5.41) is 0. The molecule has 0 saturated heterocycles. The van der Waals surface area contributed by atoms with E-state index in [0.717, 1.165) is 34.4 Å². The summed E-state index contributed by atoms with van der Waals surface area (Å²) >= 11 is 3.42. The van der Waals surface area contributed by atoms with Gasteiger partial charge in [0.05, 0.1) is 6.20 Å². The van der Waals surface area contributed by atoms with Crippen LogP contribution >= 0.6 is 15.9 Å². The Morgan fingerprint density at radius 2 is 2.11 bits per heavy atom. The van der Waals surface area contributed by atoms with Crippen molar-refractivity contribution < 1.29 is 4.74 Å². The van der Waals surface area contributed by atoms with Crippen molar-refractivity contribution in [3.63, 3.8) is 0 Å². The summed E-state index contributed by atoms with van der Waals surface area (Å²) in [6.45, 7) is 2.08. The van der Waals surface area contributed by atoms with E-state index in [2.05, 4.69) is 27.8 Å². The van der Waals surface area contributed by atoms with Gasteiger partial charge in [-0.15, -0.1) is 0 Å². The van der Waals surface area contributed by atoms with Gasteiger partial charge in [-0.1, -0.05) is 28.9 Å². The average molecular weight is 321 g/mol. The van der Waals surface area contributed by atoms with Crippen LogP contribution in [0.4, 0.5) is 0 Å². The highest BCUT2D eigenvalue weighted by atomic mass is 79.9. The van der Waals surface area contributed by atoms with Crippen LogP contribution < -0.4 is 10.5 Å².